The molecule has 2 rings (SSSR count). The van der Waals surface area contributed by atoms with E-state index in [-0.39, 0.29) is 11.4 Å². The van der Waals surface area contributed by atoms with E-state index in [1.54, 1.807) is 24.0 Å². The SMILES string of the molecule is COc1cc(Cl)c(-c2ccn(C)n2)cc1[N+](=O)[O-]. The van der Waals surface area contributed by atoms with E-state index >= 15 is 0 Å². The van der Waals surface area contributed by atoms with Crippen molar-refractivity contribution < 1.29 is 9.66 Å². The Kier molecular flexibility index (Phi) is 3.20. The molecule has 0 fully saturated rings. The molecule has 1 aromatic heterocycles. The van der Waals surface area contributed by atoms with Gasteiger partial charge >= 0.3 is 5.69 Å². The van der Waals surface area contributed by atoms with Crippen LogP contribution in [0.4, 0.5) is 5.69 Å². The summed E-state index contributed by atoms with van der Waals surface area (Å²) >= 11 is 6.08. The van der Waals surface area contributed by atoms with E-state index in [9.17, 15) is 10.1 Å². The van der Waals surface area contributed by atoms with E-state index in [1.807, 2.05) is 0 Å². The maximum Gasteiger partial charge on any atom is 0.311 e. The van der Waals surface area contributed by atoms with Crippen LogP contribution in [0, 0.1) is 10.1 Å². The molecule has 1 aromatic carbocycles. The zero-order chi connectivity index (χ0) is 13.3. The van der Waals surface area contributed by atoms with Crippen molar-refractivity contribution in [3.63, 3.8) is 0 Å². The molecule has 0 N–H and O–H groups in total. The van der Waals surface area contributed by atoms with E-state index < -0.39 is 4.92 Å². The monoisotopic (exact) mass is 267 g/mol. The average molecular weight is 268 g/mol. The Hall–Kier alpha value is -2.08. The topological polar surface area (TPSA) is 70.2 Å². The highest BCUT2D eigenvalue weighted by atomic mass is 35.5. The molecule has 7 heteroatoms. The molecule has 0 atom stereocenters. The van der Waals surface area contributed by atoms with Crippen LogP contribution in [0.2, 0.25) is 5.02 Å². The van der Waals surface area contributed by atoms with Gasteiger partial charge in [0.25, 0.3) is 0 Å². The van der Waals surface area contributed by atoms with Crippen molar-refractivity contribution in [1.82, 2.24) is 9.78 Å². The Balaban J connectivity index is 2.62. The van der Waals surface area contributed by atoms with Crippen LogP contribution in [0.3, 0.4) is 0 Å². The number of aromatic nitrogens is 2. The molecule has 0 unspecified atom stereocenters. The molecule has 6 nitrogen and oxygen atoms in total. The zero-order valence-corrected chi connectivity index (χ0v) is 10.5. The smallest absolute Gasteiger partial charge is 0.311 e. The second kappa shape index (κ2) is 4.66. The lowest BCUT2D eigenvalue weighted by Crippen LogP contribution is -1.95. The van der Waals surface area contributed by atoms with Gasteiger partial charge in [0.1, 0.15) is 0 Å². The largest absolute Gasteiger partial charge is 0.490 e. The molecule has 0 saturated carbocycles. The molecule has 18 heavy (non-hydrogen) atoms. The molecule has 0 aliphatic carbocycles. The van der Waals surface area contributed by atoms with Crippen LogP contribution >= 0.6 is 11.6 Å². The van der Waals surface area contributed by atoms with Gasteiger partial charge in [-0.2, -0.15) is 5.10 Å². The maximum atomic E-state index is 10.9. The van der Waals surface area contributed by atoms with Crippen LogP contribution in [0.5, 0.6) is 5.75 Å². The first-order valence-corrected chi connectivity index (χ1v) is 5.42. The Morgan fingerprint density at radius 1 is 1.50 bits per heavy atom. The number of rotatable bonds is 3. The second-order valence-electron chi connectivity index (χ2n) is 3.64. The molecular weight excluding hydrogens is 258 g/mol. The van der Waals surface area contributed by atoms with E-state index in [1.165, 1.54) is 19.2 Å². The lowest BCUT2D eigenvalue weighted by Gasteiger charge is -2.05. The summed E-state index contributed by atoms with van der Waals surface area (Å²) in [4.78, 5) is 10.4. The Labute approximate surface area is 108 Å². The summed E-state index contributed by atoms with van der Waals surface area (Å²) < 4.78 is 6.53. The summed E-state index contributed by atoms with van der Waals surface area (Å²) in [5, 5.41) is 15.5. The van der Waals surface area contributed by atoms with Crippen LogP contribution < -0.4 is 4.74 Å². The van der Waals surface area contributed by atoms with Gasteiger partial charge < -0.3 is 4.74 Å². The van der Waals surface area contributed by atoms with E-state index in [2.05, 4.69) is 5.10 Å². The summed E-state index contributed by atoms with van der Waals surface area (Å²) in [6.45, 7) is 0. The number of benzene rings is 1. The fraction of sp³-hybridized carbons (Fsp3) is 0.182. The highest BCUT2D eigenvalue weighted by Crippen LogP contribution is 2.37. The third-order valence-corrected chi connectivity index (χ3v) is 2.77. The molecule has 0 spiro atoms. The highest BCUT2D eigenvalue weighted by molar-refractivity contribution is 6.33. The molecule has 0 aliphatic rings. The normalized spacial score (nSPS) is 10.4. The number of nitrogens with zero attached hydrogens (tertiary/aromatic N) is 3. The van der Waals surface area contributed by atoms with Crippen molar-refractivity contribution in [3.05, 3.63) is 39.5 Å². The quantitative estimate of drug-likeness (QED) is 0.633. The Bertz CT molecular complexity index is 610. The van der Waals surface area contributed by atoms with Gasteiger partial charge in [0.05, 0.1) is 22.7 Å². The highest BCUT2D eigenvalue weighted by Gasteiger charge is 2.20. The van der Waals surface area contributed by atoms with Gasteiger partial charge in [0.2, 0.25) is 0 Å². The molecule has 94 valence electrons. The number of nitro groups is 1. The van der Waals surface area contributed by atoms with Gasteiger partial charge in [-0.3, -0.25) is 14.8 Å². The molecule has 0 bridgehead atoms. The van der Waals surface area contributed by atoms with Crippen LogP contribution in [-0.4, -0.2) is 21.8 Å². The number of nitro benzene ring substituents is 1. The third kappa shape index (κ3) is 2.14. The van der Waals surface area contributed by atoms with Gasteiger partial charge in [-0.05, 0) is 6.07 Å². The number of hydrogen-bond acceptors (Lipinski definition) is 4. The standard InChI is InChI=1S/C11H10ClN3O3/c1-14-4-3-9(13-14)7-5-10(15(16)17)11(18-2)6-8(7)12/h3-6H,1-2H3. The minimum atomic E-state index is -0.512. The number of aryl methyl sites for hydroxylation is 1. The number of ether oxygens (including phenoxy) is 1. The second-order valence-corrected chi connectivity index (χ2v) is 4.04. The first-order chi connectivity index (χ1) is 8.52. The minimum Gasteiger partial charge on any atom is -0.490 e. The van der Waals surface area contributed by atoms with Crippen molar-refractivity contribution >= 4 is 17.3 Å². The van der Waals surface area contributed by atoms with Crippen molar-refractivity contribution in [3.8, 4) is 17.0 Å². The number of halogens is 1. The zero-order valence-electron chi connectivity index (χ0n) is 9.75. The van der Waals surface area contributed by atoms with E-state index in [0.29, 0.717) is 16.3 Å². The van der Waals surface area contributed by atoms with Crippen molar-refractivity contribution in [2.45, 2.75) is 0 Å². The first-order valence-electron chi connectivity index (χ1n) is 5.05. The van der Waals surface area contributed by atoms with Crippen LogP contribution in [0.15, 0.2) is 24.4 Å². The summed E-state index contributed by atoms with van der Waals surface area (Å²) in [5.41, 5.74) is 0.945. The van der Waals surface area contributed by atoms with Crippen LogP contribution in [-0.2, 0) is 7.05 Å². The molecular formula is C11H10ClN3O3. The predicted molar refractivity (Wildman–Crippen MR) is 66.9 cm³/mol. The maximum absolute atomic E-state index is 10.9. The van der Waals surface area contributed by atoms with Gasteiger partial charge in [0.15, 0.2) is 5.75 Å². The van der Waals surface area contributed by atoms with Crippen LogP contribution in [0.25, 0.3) is 11.3 Å². The van der Waals surface area contributed by atoms with Gasteiger partial charge in [-0.1, -0.05) is 11.6 Å². The molecule has 0 saturated heterocycles. The van der Waals surface area contributed by atoms with E-state index in [4.69, 9.17) is 16.3 Å². The summed E-state index contributed by atoms with van der Waals surface area (Å²) in [5.74, 6) is 0.129. The van der Waals surface area contributed by atoms with Crippen molar-refractivity contribution in [1.29, 1.82) is 0 Å². The van der Waals surface area contributed by atoms with Gasteiger partial charge in [0, 0.05) is 30.9 Å². The molecule has 0 aliphatic heterocycles. The Morgan fingerprint density at radius 2 is 2.22 bits per heavy atom. The lowest BCUT2D eigenvalue weighted by molar-refractivity contribution is -0.385. The predicted octanol–water partition coefficient (Wildman–Crippen LogP) is 2.66. The lowest BCUT2D eigenvalue weighted by atomic mass is 10.1. The molecule has 0 amide bonds. The fourth-order valence-electron chi connectivity index (χ4n) is 1.60. The van der Waals surface area contributed by atoms with Crippen LogP contribution in [0.1, 0.15) is 0 Å². The van der Waals surface area contributed by atoms with Gasteiger partial charge in [-0.25, -0.2) is 0 Å². The summed E-state index contributed by atoms with van der Waals surface area (Å²) in [6.07, 6.45) is 1.74. The summed E-state index contributed by atoms with van der Waals surface area (Å²) in [6, 6.07) is 4.52. The number of methoxy groups -OCH3 is 1. The molecule has 2 aromatic rings. The van der Waals surface area contributed by atoms with Crippen molar-refractivity contribution in [2.24, 2.45) is 7.05 Å². The molecule has 0 radical (unpaired) electrons. The number of hydrogen-bond donors (Lipinski definition) is 0. The van der Waals surface area contributed by atoms with Gasteiger partial charge in [-0.15, -0.1) is 0 Å². The van der Waals surface area contributed by atoms with Crippen molar-refractivity contribution in [2.75, 3.05) is 7.11 Å². The average Bonchev–Trinajstić information content (AvgIpc) is 2.74. The van der Waals surface area contributed by atoms with E-state index in [0.717, 1.165) is 0 Å². The minimum absolute atomic E-state index is 0.129. The Morgan fingerprint density at radius 3 is 2.72 bits per heavy atom. The fourth-order valence-corrected chi connectivity index (χ4v) is 1.86. The molecule has 1 heterocycles. The third-order valence-electron chi connectivity index (χ3n) is 2.45. The summed E-state index contributed by atoms with van der Waals surface area (Å²) in [7, 11) is 3.12. The first kappa shape index (κ1) is 12.4.